The van der Waals surface area contributed by atoms with Gasteiger partial charge in [-0.25, -0.2) is 4.79 Å². The molecule has 0 aliphatic heterocycles. The van der Waals surface area contributed by atoms with E-state index in [4.69, 9.17) is 4.74 Å². The van der Waals surface area contributed by atoms with Gasteiger partial charge < -0.3 is 15.2 Å². The molecule has 0 unspecified atom stereocenters. The maximum absolute atomic E-state index is 11.6. The number of alkyl carbamates (subject to hydrolysis) is 1. The van der Waals surface area contributed by atoms with Crippen LogP contribution >= 0.6 is 0 Å². The predicted octanol–water partition coefficient (Wildman–Crippen LogP) is 2.45. The molecular weight excluding hydrogens is 218 g/mol. The van der Waals surface area contributed by atoms with Crippen molar-refractivity contribution in [3.05, 3.63) is 0 Å². The van der Waals surface area contributed by atoms with Crippen LogP contribution in [0.5, 0.6) is 0 Å². The zero-order chi connectivity index (χ0) is 13.3. The van der Waals surface area contributed by atoms with Crippen molar-refractivity contribution in [2.24, 2.45) is 5.41 Å². The van der Waals surface area contributed by atoms with Gasteiger partial charge in [-0.15, -0.1) is 0 Å². The lowest BCUT2D eigenvalue weighted by atomic mass is 9.73. The Hall–Kier alpha value is -0.770. The van der Waals surface area contributed by atoms with E-state index in [2.05, 4.69) is 5.32 Å². The first kappa shape index (κ1) is 14.3. The molecule has 0 aromatic heterocycles. The summed E-state index contributed by atoms with van der Waals surface area (Å²) in [5, 5.41) is 12.7. The molecule has 1 amide bonds. The average molecular weight is 243 g/mol. The Morgan fingerprint density at radius 3 is 2.41 bits per heavy atom. The molecule has 1 fully saturated rings. The van der Waals surface area contributed by atoms with Gasteiger partial charge in [0, 0.05) is 6.04 Å². The zero-order valence-corrected chi connectivity index (χ0v) is 11.5. The van der Waals surface area contributed by atoms with Crippen LogP contribution in [0.15, 0.2) is 0 Å². The highest BCUT2D eigenvalue weighted by Crippen LogP contribution is 2.35. The fourth-order valence-corrected chi connectivity index (χ4v) is 2.22. The summed E-state index contributed by atoms with van der Waals surface area (Å²) in [6, 6.07) is 0.100. The fraction of sp³-hybridized carbons (Fsp3) is 0.923. The van der Waals surface area contributed by atoms with Gasteiger partial charge >= 0.3 is 6.09 Å². The molecule has 4 nitrogen and oxygen atoms in total. The Kier molecular flexibility index (Phi) is 4.07. The minimum Gasteiger partial charge on any atom is -0.444 e. The monoisotopic (exact) mass is 243 g/mol. The molecule has 0 aromatic rings. The number of carbonyl (C=O) groups is 1. The number of hydrogen-bond acceptors (Lipinski definition) is 3. The summed E-state index contributed by atoms with van der Waals surface area (Å²) in [7, 11) is 0. The van der Waals surface area contributed by atoms with Gasteiger partial charge in [-0.3, -0.25) is 0 Å². The fourth-order valence-electron chi connectivity index (χ4n) is 2.22. The van der Waals surface area contributed by atoms with E-state index in [1.807, 2.05) is 34.6 Å². The Labute approximate surface area is 104 Å². The minimum absolute atomic E-state index is 0.100. The third-order valence-electron chi connectivity index (χ3n) is 3.18. The quantitative estimate of drug-likeness (QED) is 0.743. The molecule has 0 aromatic carbocycles. The first-order valence-corrected chi connectivity index (χ1v) is 6.28. The van der Waals surface area contributed by atoms with E-state index in [-0.39, 0.29) is 23.7 Å². The van der Waals surface area contributed by atoms with Crippen molar-refractivity contribution < 1.29 is 14.6 Å². The summed E-state index contributed by atoms with van der Waals surface area (Å²) in [5.74, 6) is 0. The summed E-state index contributed by atoms with van der Waals surface area (Å²) in [5.41, 5.74) is -0.605. The van der Waals surface area contributed by atoms with Gasteiger partial charge in [-0.1, -0.05) is 13.8 Å². The van der Waals surface area contributed by atoms with Gasteiger partial charge in [-0.05, 0) is 45.4 Å². The van der Waals surface area contributed by atoms with E-state index in [0.29, 0.717) is 0 Å². The number of aliphatic hydroxyl groups excluding tert-OH is 1. The summed E-state index contributed by atoms with van der Waals surface area (Å²) in [6.07, 6.45) is 1.68. The van der Waals surface area contributed by atoms with Crippen LogP contribution in [0.3, 0.4) is 0 Å². The maximum atomic E-state index is 11.6. The first-order chi connectivity index (χ1) is 7.60. The summed E-state index contributed by atoms with van der Waals surface area (Å²) in [6.45, 7) is 9.60. The number of hydrogen-bond donors (Lipinski definition) is 2. The standard InChI is InChI=1S/C13H25NO3/c1-12(2,3)17-11(16)14-9-6-7-10(15)13(4,5)8-9/h9-10,15H,6-8H2,1-5H3,(H,14,16)/t9-,10-/m1/s1. The Bertz CT molecular complexity index is 281. The van der Waals surface area contributed by atoms with E-state index < -0.39 is 5.60 Å². The molecule has 0 radical (unpaired) electrons. The van der Waals surface area contributed by atoms with Crippen molar-refractivity contribution in [2.45, 2.75) is 71.6 Å². The number of nitrogens with one attached hydrogen (secondary N) is 1. The summed E-state index contributed by atoms with van der Waals surface area (Å²) < 4.78 is 5.22. The lowest BCUT2D eigenvalue weighted by Crippen LogP contribution is -2.47. The van der Waals surface area contributed by atoms with Gasteiger partial charge in [0.05, 0.1) is 6.10 Å². The van der Waals surface area contributed by atoms with Crippen LogP contribution in [0.2, 0.25) is 0 Å². The molecule has 2 N–H and O–H groups in total. The van der Waals surface area contributed by atoms with Crippen molar-refractivity contribution in [3.8, 4) is 0 Å². The van der Waals surface area contributed by atoms with Crippen LogP contribution in [-0.2, 0) is 4.74 Å². The molecule has 0 bridgehead atoms. The molecule has 17 heavy (non-hydrogen) atoms. The second-order valence-corrected chi connectivity index (χ2v) is 6.63. The number of amides is 1. The molecule has 100 valence electrons. The number of ether oxygens (including phenoxy) is 1. The van der Waals surface area contributed by atoms with E-state index >= 15 is 0 Å². The van der Waals surface area contributed by atoms with Crippen molar-refractivity contribution in [1.29, 1.82) is 0 Å². The van der Waals surface area contributed by atoms with Crippen molar-refractivity contribution in [2.75, 3.05) is 0 Å². The number of rotatable bonds is 1. The number of aliphatic hydroxyl groups is 1. The van der Waals surface area contributed by atoms with E-state index in [9.17, 15) is 9.90 Å². The second kappa shape index (κ2) is 4.84. The zero-order valence-electron chi connectivity index (χ0n) is 11.5. The smallest absolute Gasteiger partial charge is 0.407 e. The van der Waals surface area contributed by atoms with Gasteiger partial charge in [0.2, 0.25) is 0 Å². The Balaban J connectivity index is 2.46. The Morgan fingerprint density at radius 1 is 1.35 bits per heavy atom. The molecule has 1 saturated carbocycles. The third-order valence-corrected chi connectivity index (χ3v) is 3.18. The highest BCUT2D eigenvalue weighted by atomic mass is 16.6. The van der Waals surface area contributed by atoms with Crippen molar-refractivity contribution in [3.63, 3.8) is 0 Å². The van der Waals surface area contributed by atoms with Gasteiger partial charge in [0.1, 0.15) is 5.60 Å². The van der Waals surface area contributed by atoms with Crippen LogP contribution in [0, 0.1) is 5.41 Å². The second-order valence-electron chi connectivity index (χ2n) is 6.63. The van der Waals surface area contributed by atoms with Crippen molar-refractivity contribution >= 4 is 6.09 Å². The Morgan fingerprint density at radius 2 is 1.94 bits per heavy atom. The predicted molar refractivity (Wildman–Crippen MR) is 66.8 cm³/mol. The van der Waals surface area contributed by atoms with Crippen LogP contribution in [0.4, 0.5) is 4.79 Å². The average Bonchev–Trinajstić information content (AvgIpc) is 2.07. The molecule has 2 atom stereocenters. The molecule has 4 heteroatoms. The maximum Gasteiger partial charge on any atom is 0.407 e. The van der Waals surface area contributed by atoms with E-state index in [1.165, 1.54) is 0 Å². The molecule has 1 rings (SSSR count). The van der Waals surface area contributed by atoms with Gasteiger partial charge in [0.25, 0.3) is 0 Å². The number of carbonyl (C=O) groups excluding carboxylic acids is 1. The van der Waals surface area contributed by atoms with Crippen LogP contribution in [0.25, 0.3) is 0 Å². The topological polar surface area (TPSA) is 58.6 Å². The van der Waals surface area contributed by atoms with Crippen molar-refractivity contribution in [1.82, 2.24) is 5.32 Å². The minimum atomic E-state index is -0.465. The normalized spacial score (nSPS) is 28.6. The third kappa shape index (κ3) is 4.54. The van der Waals surface area contributed by atoms with Crippen LogP contribution in [-0.4, -0.2) is 28.9 Å². The van der Waals surface area contributed by atoms with E-state index in [1.54, 1.807) is 0 Å². The lowest BCUT2D eigenvalue weighted by Gasteiger charge is -2.39. The van der Waals surface area contributed by atoms with Gasteiger partial charge in [0.15, 0.2) is 0 Å². The largest absolute Gasteiger partial charge is 0.444 e. The molecule has 1 aliphatic carbocycles. The molecule has 0 spiro atoms. The first-order valence-electron chi connectivity index (χ1n) is 6.28. The summed E-state index contributed by atoms with van der Waals surface area (Å²) >= 11 is 0. The molecular formula is C13H25NO3. The molecule has 1 aliphatic rings. The highest BCUT2D eigenvalue weighted by molar-refractivity contribution is 5.68. The molecule has 0 heterocycles. The SMILES string of the molecule is CC(C)(C)OC(=O)N[C@@H]1CC[C@@H](O)C(C)(C)C1. The van der Waals surface area contributed by atoms with Gasteiger partial charge in [-0.2, -0.15) is 0 Å². The highest BCUT2D eigenvalue weighted by Gasteiger charge is 2.36. The molecule has 0 saturated heterocycles. The summed E-state index contributed by atoms with van der Waals surface area (Å²) in [4.78, 5) is 11.6. The van der Waals surface area contributed by atoms with E-state index in [0.717, 1.165) is 19.3 Å². The van der Waals surface area contributed by atoms with Crippen LogP contribution in [0.1, 0.15) is 53.9 Å². The van der Waals surface area contributed by atoms with Crippen LogP contribution < -0.4 is 5.32 Å². The lowest BCUT2D eigenvalue weighted by molar-refractivity contribution is -0.00274.